The van der Waals surface area contributed by atoms with E-state index in [9.17, 15) is 9.90 Å². The Morgan fingerprint density at radius 1 is 1.47 bits per heavy atom. The van der Waals surface area contributed by atoms with Gasteiger partial charge in [0.15, 0.2) is 0 Å². The van der Waals surface area contributed by atoms with Crippen LogP contribution in [0, 0.1) is 11.3 Å². The van der Waals surface area contributed by atoms with Crippen molar-refractivity contribution in [3.8, 4) is 11.8 Å². The molecule has 19 heavy (non-hydrogen) atoms. The van der Waals surface area contributed by atoms with Crippen molar-refractivity contribution in [2.45, 2.75) is 0 Å². The van der Waals surface area contributed by atoms with E-state index in [-0.39, 0.29) is 17.9 Å². The van der Waals surface area contributed by atoms with Crippen LogP contribution in [0.4, 0.5) is 0 Å². The molecule has 0 spiro atoms. The number of nitriles is 1. The summed E-state index contributed by atoms with van der Waals surface area (Å²) in [5, 5.41) is 18.5. The second kappa shape index (κ2) is 7.12. The number of halogens is 2. The summed E-state index contributed by atoms with van der Waals surface area (Å²) in [5.74, 6) is -0.674. The quantitative estimate of drug-likeness (QED) is 0.371. The maximum Gasteiger partial charge on any atom is 0.349 e. The van der Waals surface area contributed by atoms with Gasteiger partial charge in [-0.2, -0.15) is 5.26 Å². The summed E-state index contributed by atoms with van der Waals surface area (Å²) in [5.41, 5.74) is 0.440. The summed E-state index contributed by atoms with van der Waals surface area (Å²) < 4.78 is 5.68. The molecule has 4 nitrogen and oxygen atoms in total. The zero-order valence-electron chi connectivity index (χ0n) is 9.69. The van der Waals surface area contributed by atoms with Gasteiger partial charge in [0.1, 0.15) is 24.0 Å². The Morgan fingerprint density at radius 3 is 2.53 bits per heavy atom. The number of aromatic hydroxyl groups is 1. The van der Waals surface area contributed by atoms with Crippen molar-refractivity contribution in [1.29, 1.82) is 5.26 Å². The SMILES string of the molecule is C=CCOC(=O)/C(C#N)=C\c1cc(Br)c(O)c(Br)c1. The van der Waals surface area contributed by atoms with E-state index in [0.29, 0.717) is 14.5 Å². The fourth-order valence-corrected chi connectivity index (χ4v) is 2.41. The third kappa shape index (κ3) is 4.23. The highest BCUT2D eigenvalue weighted by Crippen LogP contribution is 2.33. The Balaban J connectivity index is 3.08. The fraction of sp³-hybridized carbons (Fsp3) is 0.0769. The van der Waals surface area contributed by atoms with Crippen LogP contribution in [-0.2, 0) is 9.53 Å². The van der Waals surface area contributed by atoms with Crippen LogP contribution in [0.1, 0.15) is 5.56 Å². The van der Waals surface area contributed by atoms with Crippen molar-refractivity contribution in [1.82, 2.24) is 0 Å². The van der Waals surface area contributed by atoms with Gasteiger partial charge in [-0.05, 0) is 55.6 Å². The fourth-order valence-electron chi connectivity index (χ4n) is 1.18. The highest BCUT2D eigenvalue weighted by Gasteiger charge is 2.11. The molecule has 0 bridgehead atoms. The van der Waals surface area contributed by atoms with Gasteiger partial charge in [0.25, 0.3) is 0 Å². The lowest BCUT2D eigenvalue weighted by molar-refractivity contribution is -0.137. The summed E-state index contributed by atoms with van der Waals surface area (Å²) in [7, 11) is 0. The smallest absolute Gasteiger partial charge is 0.349 e. The lowest BCUT2D eigenvalue weighted by atomic mass is 10.1. The topological polar surface area (TPSA) is 70.3 Å². The van der Waals surface area contributed by atoms with Crippen LogP contribution >= 0.6 is 31.9 Å². The zero-order chi connectivity index (χ0) is 14.4. The average Bonchev–Trinajstić information content (AvgIpc) is 2.39. The van der Waals surface area contributed by atoms with Gasteiger partial charge in [0.05, 0.1) is 8.95 Å². The van der Waals surface area contributed by atoms with Crippen molar-refractivity contribution in [2.75, 3.05) is 6.61 Å². The molecule has 0 aliphatic heterocycles. The van der Waals surface area contributed by atoms with Gasteiger partial charge in [-0.25, -0.2) is 4.79 Å². The largest absolute Gasteiger partial charge is 0.506 e. The molecule has 0 unspecified atom stereocenters. The van der Waals surface area contributed by atoms with E-state index in [0.717, 1.165) is 0 Å². The lowest BCUT2D eigenvalue weighted by Gasteiger charge is -2.03. The van der Waals surface area contributed by atoms with E-state index in [1.807, 2.05) is 0 Å². The van der Waals surface area contributed by atoms with Gasteiger partial charge in [0, 0.05) is 0 Å². The predicted molar refractivity (Wildman–Crippen MR) is 78.3 cm³/mol. The first-order valence-corrected chi connectivity index (χ1v) is 6.66. The summed E-state index contributed by atoms with van der Waals surface area (Å²) in [6.45, 7) is 3.46. The first kappa shape index (κ1) is 15.5. The number of carbonyl (C=O) groups is 1. The molecule has 1 rings (SSSR count). The van der Waals surface area contributed by atoms with E-state index in [4.69, 9.17) is 10.00 Å². The molecule has 1 aromatic carbocycles. The Labute approximate surface area is 127 Å². The first-order chi connectivity index (χ1) is 8.99. The third-order valence-electron chi connectivity index (χ3n) is 2.02. The third-order valence-corrected chi connectivity index (χ3v) is 3.23. The maximum absolute atomic E-state index is 11.5. The minimum Gasteiger partial charge on any atom is -0.506 e. The molecule has 0 saturated heterocycles. The minimum absolute atomic E-state index is 0.0425. The molecule has 0 saturated carbocycles. The van der Waals surface area contributed by atoms with E-state index < -0.39 is 5.97 Å². The summed E-state index contributed by atoms with van der Waals surface area (Å²) in [6, 6.07) is 4.94. The summed E-state index contributed by atoms with van der Waals surface area (Å²) in [4.78, 5) is 11.5. The summed E-state index contributed by atoms with van der Waals surface area (Å²) >= 11 is 6.33. The Morgan fingerprint density at radius 2 is 2.05 bits per heavy atom. The normalized spacial score (nSPS) is 10.7. The van der Waals surface area contributed by atoms with Gasteiger partial charge < -0.3 is 9.84 Å². The standard InChI is InChI=1S/C13H9Br2NO3/c1-2-3-19-13(18)9(7-16)4-8-5-10(14)12(17)11(15)6-8/h2,4-6,17H,1,3H2/b9-4-. The van der Waals surface area contributed by atoms with E-state index >= 15 is 0 Å². The monoisotopic (exact) mass is 385 g/mol. The second-order valence-electron chi connectivity index (χ2n) is 3.39. The van der Waals surface area contributed by atoms with E-state index in [1.54, 1.807) is 18.2 Å². The molecule has 0 aromatic heterocycles. The average molecular weight is 387 g/mol. The van der Waals surface area contributed by atoms with Crippen LogP contribution in [0.3, 0.4) is 0 Å². The number of phenolic OH excluding ortho intramolecular Hbond substituents is 1. The Hall–Kier alpha value is -1.58. The molecule has 0 aliphatic carbocycles. The predicted octanol–water partition coefficient (Wildman–Crippen LogP) is 3.55. The minimum atomic E-state index is -0.720. The Kier molecular flexibility index (Phi) is 5.80. The van der Waals surface area contributed by atoms with Crippen molar-refractivity contribution in [3.05, 3.63) is 44.9 Å². The Bertz CT molecular complexity index is 565. The molecule has 0 heterocycles. The highest BCUT2D eigenvalue weighted by molar-refractivity contribution is 9.11. The zero-order valence-corrected chi connectivity index (χ0v) is 12.9. The van der Waals surface area contributed by atoms with Crippen molar-refractivity contribution >= 4 is 43.9 Å². The number of benzene rings is 1. The molecule has 1 aromatic rings. The number of carbonyl (C=O) groups excluding carboxylic acids is 1. The first-order valence-electron chi connectivity index (χ1n) is 5.07. The number of hydrogen-bond acceptors (Lipinski definition) is 4. The number of esters is 1. The maximum atomic E-state index is 11.5. The molecule has 1 N–H and O–H groups in total. The van der Waals surface area contributed by atoms with E-state index in [2.05, 4.69) is 38.4 Å². The molecule has 98 valence electrons. The van der Waals surface area contributed by atoms with E-state index in [1.165, 1.54) is 12.2 Å². The highest BCUT2D eigenvalue weighted by atomic mass is 79.9. The lowest BCUT2D eigenvalue weighted by Crippen LogP contribution is -2.06. The van der Waals surface area contributed by atoms with Gasteiger partial charge in [0.2, 0.25) is 0 Å². The van der Waals surface area contributed by atoms with Crippen LogP contribution in [0.25, 0.3) is 6.08 Å². The number of phenols is 1. The number of ether oxygens (including phenoxy) is 1. The van der Waals surface area contributed by atoms with Gasteiger partial charge in [-0.3, -0.25) is 0 Å². The van der Waals surface area contributed by atoms with Crippen LogP contribution in [0.15, 0.2) is 39.3 Å². The van der Waals surface area contributed by atoms with Crippen LogP contribution in [-0.4, -0.2) is 17.7 Å². The number of rotatable bonds is 4. The molecular formula is C13H9Br2NO3. The van der Waals surface area contributed by atoms with Crippen molar-refractivity contribution < 1.29 is 14.6 Å². The molecule has 0 amide bonds. The molecular weight excluding hydrogens is 378 g/mol. The van der Waals surface area contributed by atoms with Gasteiger partial charge in [-0.15, -0.1) is 0 Å². The van der Waals surface area contributed by atoms with Gasteiger partial charge >= 0.3 is 5.97 Å². The second-order valence-corrected chi connectivity index (χ2v) is 5.10. The number of nitrogens with zero attached hydrogens (tertiary/aromatic N) is 1. The van der Waals surface area contributed by atoms with Crippen molar-refractivity contribution in [3.63, 3.8) is 0 Å². The van der Waals surface area contributed by atoms with Gasteiger partial charge in [-0.1, -0.05) is 12.7 Å². The molecule has 0 fully saturated rings. The van der Waals surface area contributed by atoms with Crippen LogP contribution in [0.2, 0.25) is 0 Å². The number of hydrogen-bond donors (Lipinski definition) is 1. The molecule has 6 heteroatoms. The summed E-state index contributed by atoms with van der Waals surface area (Å²) in [6.07, 6.45) is 2.79. The molecule has 0 atom stereocenters. The van der Waals surface area contributed by atoms with Crippen LogP contribution < -0.4 is 0 Å². The molecule has 0 radical (unpaired) electrons. The van der Waals surface area contributed by atoms with Crippen molar-refractivity contribution in [2.24, 2.45) is 0 Å². The van der Waals surface area contributed by atoms with Crippen LogP contribution in [0.5, 0.6) is 5.75 Å². The molecule has 0 aliphatic rings.